The van der Waals surface area contributed by atoms with E-state index in [0.29, 0.717) is 13.5 Å². The lowest BCUT2D eigenvalue weighted by Gasteiger charge is -2.03. The molecule has 0 fully saturated rings. The standard InChI is InChI=1S/C25H49N2O2.BF4/c1-3-5-7-9-11-13-15-17-21-28-24-26-19-20-27(23-26)25-29-22-18-16-14-12-10-8-6-4-2;2-1(3,4)5/h19-20,23H,3-18,21-22,24-25H2,1-2H3;/q+1;-1. The van der Waals surface area contributed by atoms with Gasteiger partial charge in [-0.15, -0.1) is 0 Å². The first-order valence-electron chi connectivity index (χ1n) is 13.4. The van der Waals surface area contributed by atoms with Crippen LogP contribution in [0.25, 0.3) is 0 Å². The van der Waals surface area contributed by atoms with E-state index < -0.39 is 7.25 Å². The van der Waals surface area contributed by atoms with Crippen LogP contribution < -0.4 is 4.57 Å². The van der Waals surface area contributed by atoms with Gasteiger partial charge in [0.1, 0.15) is 12.4 Å². The van der Waals surface area contributed by atoms with E-state index in [4.69, 9.17) is 9.47 Å². The van der Waals surface area contributed by atoms with E-state index in [1.165, 1.54) is 103 Å². The fourth-order valence-electron chi connectivity index (χ4n) is 3.61. The second kappa shape index (κ2) is 23.6. The van der Waals surface area contributed by atoms with Crippen LogP contribution >= 0.6 is 0 Å². The van der Waals surface area contributed by atoms with Crippen molar-refractivity contribution < 1.29 is 31.3 Å². The van der Waals surface area contributed by atoms with Crippen molar-refractivity contribution >= 4 is 7.25 Å². The predicted molar refractivity (Wildman–Crippen MR) is 132 cm³/mol. The summed E-state index contributed by atoms with van der Waals surface area (Å²) < 4.78 is 54.8. The van der Waals surface area contributed by atoms with Crippen molar-refractivity contribution in [2.24, 2.45) is 0 Å². The molecule has 34 heavy (non-hydrogen) atoms. The van der Waals surface area contributed by atoms with Crippen molar-refractivity contribution in [2.45, 2.75) is 130 Å². The second-order valence-electron chi connectivity index (χ2n) is 8.96. The minimum atomic E-state index is -6.00. The van der Waals surface area contributed by atoms with Crippen molar-refractivity contribution in [3.63, 3.8) is 0 Å². The van der Waals surface area contributed by atoms with Crippen LogP contribution in [0.4, 0.5) is 17.3 Å². The van der Waals surface area contributed by atoms with Gasteiger partial charge >= 0.3 is 7.25 Å². The molecule has 1 heterocycles. The first kappa shape index (κ1) is 32.9. The average Bonchev–Trinajstić information content (AvgIpc) is 3.23. The van der Waals surface area contributed by atoms with Crippen LogP contribution in [0.3, 0.4) is 0 Å². The van der Waals surface area contributed by atoms with Gasteiger partial charge in [0.05, 0.1) is 13.2 Å². The summed E-state index contributed by atoms with van der Waals surface area (Å²) in [6.07, 6.45) is 27.7. The van der Waals surface area contributed by atoms with Gasteiger partial charge in [-0.05, 0) is 12.8 Å². The van der Waals surface area contributed by atoms with Gasteiger partial charge in [0.2, 0.25) is 6.33 Å². The fourth-order valence-corrected chi connectivity index (χ4v) is 3.61. The molecule has 0 aliphatic heterocycles. The Bertz CT molecular complexity index is 501. The van der Waals surface area contributed by atoms with Crippen LogP contribution in [-0.4, -0.2) is 25.0 Å². The minimum absolute atomic E-state index is 0.640. The van der Waals surface area contributed by atoms with Crippen LogP contribution in [0.5, 0.6) is 0 Å². The number of ether oxygens (including phenoxy) is 2. The molecule has 1 aromatic heterocycles. The molecule has 0 aliphatic carbocycles. The molecule has 4 nitrogen and oxygen atoms in total. The Hall–Kier alpha value is -1.09. The zero-order valence-electron chi connectivity index (χ0n) is 21.7. The monoisotopic (exact) mass is 496 g/mol. The first-order valence-corrected chi connectivity index (χ1v) is 13.4. The van der Waals surface area contributed by atoms with Gasteiger partial charge in [-0.1, -0.05) is 104 Å². The highest BCUT2D eigenvalue weighted by Gasteiger charge is 2.20. The maximum atomic E-state index is 9.75. The van der Waals surface area contributed by atoms with Crippen LogP contribution in [0, 0.1) is 0 Å². The van der Waals surface area contributed by atoms with Crippen LogP contribution in [0.2, 0.25) is 0 Å². The Morgan fingerprint density at radius 3 is 1.53 bits per heavy atom. The minimum Gasteiger partial charge on any atom is -0.418 e. The summed E-state index contributed by atoms with van der Waals surface area (Å²) in [5, 5.41) is 0. The van der Waals surface area contributed by atoms with Crippen molar-refractivity contribution in [2.75, 3.05) is 13.2 Å². The van der Waals surface area contributed by atoms with Crippen LogP contribution in [-0.2, 0) is 22.9 Å². The fraction of sp³-hybridized carbons (Fsp3) is 0.880. The van der Waals surface area contributed by atoms with E-state index in [9.17, 15) is 17.3 Å². The summed E-state index contributed by atoms with van der Waals surface area (Å²) in [6.45, 7) is 7.55. The Morgan fingerprint density at radius 2 is 1.06 bits per heavy atom. The summed E-state index contributed by atoms with van der Waals surface area (Å²) in [6, 6.07) is 0. The lowest BCUT2D eigenvalue weighted by Crippen LogP contribution is -2.32. The normalized spacial score (nSPS) is 11.5. The summed E-state index contributed by atoms with van der Waals surface area (Å²) in [7, 11) is -6.00. The molecule has 0 saturated heterocycles. The molecule has 0 spiro atoms. The van der Waals surface area contributed by atoms with E-state index in [2.05, 4.69) is 41.7 Å². The van der Waals surface area contributed by atoms with Crippen molar-refractivity contribution in [1.29, 1.82) is 0 Å². The molecule has 202 valence electrons. The number of unbranched alkanes of at least 4 members (excludes halogenated alkanes) is 14. The lowest BCUT2D eigenvalue weighted by atomic mass is 10.1. The average molecular weight is 496 g/mol. The maximum absolute atomic E-state index is 9.75. The van der Waals surface area contributed by atoms with Gasteiger partial charge in [0.25, 0.3) is 0 Å². The van der Waals surface area contributed by atoms with Gasteiger partial charge in [0.15, 0.2) is 13.5 Å². The van der Waals surface area contributed by atoms with E-state index >= 15 is 0 Å². The molecule has 0 saturated carbocycles. The molecule has 0 unspecified atom stereocenters. The summed E-state index contributed by atoms with van der Waals surface area (Å²) in [5.74, 6) is 0. The Morgan fingerprint density at radius 1 is 0.647 bits per heavy atom. The maximum Gasteiger partial charge on any atom is 0.673 e. The number of rotatable bonds is 22. The van der Waals surface area contributed by atoms with Crippen molar-refractivity contribution in [3.05, 3.63) is 18.7 Å². The number of nitrogens with zero attached hydrogens (tertiary/aromatic N) is 2. The van der Waals surface area contributed by atoms with Gasteiger partial charge < -0.3 is 26.7 Å². The number of imidazole rings is 1. The SMILES string of the molecule is CCCCCCCCCCOCn1cc[n+](COCCCCCCCCCC)c1.F[B-](F)(F)F. The molecule has 1 aromatic rings. The number of hydrogen-bond donors (Lipinski definition) is 0. The van der Waals surface area contributed by atoms with E-state index in [1.807, 2.05) is 0 Å². The molecule has 1 rings (SSSR count). The zero-order valence-corrected chi connectivity index (χ0v) is 21.7. The molecule has 0 bridgehead atoms. The molecule has 0 aliphatic rings. The third-order valence-electron chi connectivity index (χ3n) is 5.51. The summed E-state index contributed by atoms with van der Waals surface area (Å²) >= 11 is 0. The summed E-state index contributed by atoms with van der Waals surface area (Å²) in [5.41, 5.74) is 0. The van der Waals surface area contributed by atoms with Gasteiger partial charge in [-0.2, -0.15) is 0 Å². The lowest BCUT2D eigenvalue weighted by molar-refractivity contribution is -0.732. The van der Waals surface area contributed by atoms with Crippen molar-refractivity contribution in [1.82, 2.24) is 4.57 Å². The quantitative estimate of drug-likeness (QED) is 0.0699. The molecule has 0 aromatic carbocycles. The molecular formula is C25H49BF4N2O2. The largest absolute Gasteiger partial charge is 0.673 e. The van der Waals surface area contributed by atoms with Gasteiger partial charge in [0, 0.05) is 0 Å². The van der Waals surface area contributed by atoms with E-state index in [-0.39, 0.29) is 0 Å². The van der Waals surface area contributed by atoms with E-state index in [1.54, 1.807) is 0 Å². The molecule has 0 atom stereocenters. The first-order chi connectivity index (χ1) is 16.4. The highest BCUT2D eigenvalue weighted by Crippen LogP contribution is 2.09. The number of hydrogen-bond acceptors (Lipinski definition) is 2. The zero-order chi connectivity index (χ0) is 25.3. The van der Waals surface area contributed by atoms with Crippen molar-refractivity contribution in [3.8, 4) is 0 Å². The Kier molecular flexibility index (Phi) is 22.9. The summed E-state index contributed by atoms with van der Waals surface area (Å²) in [4.78, 5) is 0. The second-order valence-corrected chi connectivity index (χ2v) is 8.96. The highest BCUT2D eigenvalue weighted by atomic mass is 19.5. The molecule has 0 amide bonds. The van der Waals surface area contributed by atoms with Gasteiger partial charge in [-0.3, -0.25) is 0 Å². The highest BCUT2D eigenvalue weighted by molar-refractivity contribution is 6.50. The Labute approximate surface area is 205 Å². The molecular weight excluding hydrogens is 447 g/mol. The number of halogens is 4. The molecule has 9 heteroatoms. The third kappa shape index (κ3) is 27.2. The topological polar surface area (TPSA) is 27.3 Å². The predicted octanol–water partition coefficient (Wildman–Crippen LogP) is 8.31. The van der Waals surface area contributed by atoms with Crippen LogP contribution in [0.1, 0.15) is 117 Å². The smallest absolute Gasteiger partial charge is 0.418 e. The van der Waals surface area contributed by atoms with Gasteiger partial charge in [-0.25, -0.2) is 9.13 Å². The number of aromatic nitrogens is 2. The van der Waals surface area contributed by atoms with E-state index in [0.717, 1.165) is 13.2 Å². The molecule has 0 N–H and O–H groups in total. The third-order valence-corrected chi connectivity index (χ3v) is 5.51. The Balaban J connectivity index is 0.00000196. The van der Waals surface area contributed by atoms with Crippen LogP contribution in [0.15, 0.2) is 18.7 Å². The molecule has 0 radical (unpaired) electrons.